The molecular weight excluding hydrogens is 530 g/mol. The number of amides is 2. The first-order chi connectivity index (χ1) is 18.3. The van der Waals surface area contributed by atoms with Gasteiger partial charge in [-0.3, -0.25) is 9.59 Å². The summed E-state index contributed by atoms with van der Waals surface area (Å²) < 4.78 is 26.6. The Kier molecular flexibility index (Phi) is 6.70. The molecule has 3 aliphatic heterocycles. The van der Waals surface area contributed by atoms with Crippen molar-refractivity contribution in [1.82, 2.24) is 5.32 Å². The van der Waals surface area contributed by atoms with Gasteiger partial charge >= 0.3 is 0 Å². The minimum absolute atomic E-state index is 0.110. The summed E-state index contributed by atoms with van der Waals surface area (Å²) in [4.78, 5) is 27.6. The molecule has 2 amide bonds. The van der Waals surface area contributed by atoms with E-state index in [2.05, 4.69) is 10.6 Å². The van der Waals surface area contributed by atoms with Crippen LogP contribution in [0.1, 0.15) is 42.9 Å². The summed E-state index contributed by atoms with van der Waals surface area (Å²) in [5.74, 6) is -1.22. The van der Waals surface area contributed by atoms with Crippen molar-refractivity contribution >= 4 is 40.7 Å². The third-order valence-corrected chi connectivity index (χ3v) is 8.62. The molecule has 0 bridgehead atoms. The zero-order valence-electron chi connectivity index (χ0n) is 20.5. The Morgan fingerprint density at radius 3 is 2.68 bits per heavy atom. The van der Waals surface area contributed by atoms with E-state index in [1.807, 2.05) is 24.3 Å². The van der Waals surface area contributed by atoms with E-state index in [1.165, 1.54) is 12.1 Å². The number of fused-ring (bicyclic) bond motifs is 2. The number of carbonyl (C=O) groups excluding carboxylic acids is 2. The van der Waals surface area contributed by atoms with Crippen LogP contribution in [0.2, 0.25) is 5.02 Å². The minimum Gasteiger partial charge on any atom is -0.490 e. The standard InChI is InChI=1S/C29H27Cl2FN2O4/c30-17-3-1-2-16(12-17)22-15-29(23-6-4-18(31)13-24(23)33-28(29)36)26(34-27(22)35)21-14-19(32)5-7-25(21)38-20-8-10-37-11-9-20/h1-7,13-14,16,20,22,26H,8-12,15H2,(H,33,36)(H,34,35)/t16?,22-,26-,29-/m1/s1. The number of ether oxygens (including phenoxy) is 2. The van der Waals surface area contributed by atoms with E-state index in [0.717, 1.165) is 0 Å². The van der Waals surface area contributed by atoms with Crippen molar-refractivity contribution in [3.63, 3.8) is 0 Å². The van der Waals surface area contributed by atoms with Gasteiger partial charge in [0, 0.05) is 40.1 Å². The van der Waals surface area contributed by atoms with Crippen LogP contribution >= 0.6 is 23.2 Å². The summed E-state index contributed by atoms with van der Waals surface area (Å²) in [6.07, 6.45) is 7.63. The Bertz CT molecular complexity index is 1360. The second kappa shape index (κ2) is 10.0. The molecule has 9 heteroatoms. The topological polar surface area (TPSA) is 76.7 Å². The van der Waals surface area contributed by atoms with Gasteiger partial charge in [0.25, 0.3) is 0 Å². The molecular formula is C29H27Cl2FN2O4. The molecule has 4 atom stereocenters. The summed E-state index contributed by atoms with van der Waals surface area (Å²) in [5.41, 5.74) is 0.521. The fourth-order valence-corrected chi connectivity index (χ4v) is 6.66. The molecule has 38 heavy (non-hydrogen) atoms. The fraction of sp³-hybridized carbons (Fsp3) is 0.379. The number of halogens is 3. The first-order valence-corrected chi connectivity index (χ1v) is 13.6. The molecule has 0 aromatic heterocycles. The number of hydrogen-bond acceptors (Lipinski definition) is 4. The summed E-state index contributed by atoms with van der Waals surface area (Å²) in [7, 11) is 0. The van der Waals surface area contributed by atoms with Gasteiger partial charge in [0.05, 0.1) is 19.3 Å². The van der Waals surface area contributed by atoms with E-state index in [-0.39, 0.29) is 30.3 Å². The fourth-order valence-electron chi connectivity index (χ4n) is 6.24. The van der Waals surface area contributed by atoms with Crippen molar-refractivity contribution in [2.45, 2.75) is 43.2 Å². The first kappa shape index (κ1) is 25.4. The molecule has 1 aliphatic carbocycles. The molecule has 198 valence electrons. The van der Waals surface area contributed by atoms with Crippen LogP contribution in [0.25, 0.3) is 0 Å². The summed E-state index contributed by atoms with van der Waals surface area (Å²) in [6.45, 7) is 1.16. The van der Waals surface area contributed by atoms with Crippen LogP contribution in [0.5, 0.6) is 5.75 Å². The van der Waals surface area contributed by atoms with Crippen molar-refractivity contribution < 1.29 is 23.5 Å². The first-order valence-electron chi connectivity index (χ1n) is 12.8. The highest BCUT2D eigenvalue weighted by atomic mass is 35.5. The molecule has 2 aromatic carbocycles. The van der Waals surface area contributed by atoms with E-state index in [9.17, 15) is 14.0 Å². The van der Waals surface area contributed by atoms with Gasteiger partial charge < -0.3 is 20.1 Å². The zero-order valence-corrected chi connectivity index (χ0v) is 22.0. The lowest BCUT2D eigenvalue weighted by Crippen LogP contribution is -2.57. The van der Waals surface area contributed by atoms with Crippen LogP contribution < -0.4 is 15.4 Å². The van der Waals surface area contributed by atoms with E-state index < -0.39 is 23.2 Å². The smallest absolute Gasteiger partial charge is 0.237 e. The number of allylic oxidation sites excluding steroid dienone is 4. The quantitative estimate of drug-likeness (QED) is 0.498. The predicted molar refractivity (Wildman–Crippen MR) is 143 cm³/mol. The number of hydrogen-bond donors (Lipinski definition) is 2. The highest BCUT2D eigenvalue weighted by Gasteiger charge is 2.59. The van der Waals surface area contributed by atoms with E-state index >= 15 is 0 Å². The molecule has 0 saturated carbocycles. The minimum atomic E-state index is -1.21. The summed E-state index contributed by atoms with van der Waals surface area (Å²) >= 11 is 12.6. The molecule has 6 nitrogen and oxygen atoms in total. The number of carbonyl (C=O) groups is 2. The van der Waals surface area contributed by atoms with Crippen LogP contribution in [0.3, 0.4) is 0 Å². The molecule has 1 unspecified atom stereocenters. The predicted octanol–water partition coefficient (Wildman–Crippen LogP) is 5.80. The van der Waals surface area contributed by atoms with Crippen LogP contribution in [-0.2, 0) is 19.7 Å². The van der Waals surface area contributed by atoms with Gasteiger partial charge in [-0.25, -0.2) is 4.39 Å². The highest BCUT2D eigenvalue weighted by molar-refractivity contribution is 6.31. The van der Waals surface area contributed by atoms with Crippen molar-refractivity contribution in [3.8, 4) is 5.75 Å². The van der Waals surface area contributed by atoms with Crippen molar-refractivity contribution in [3.05, 3.63) is 81.6 Å². The second-order valence-corrected chi connectivity index (χ2v) is 11.3. The normalized spacial score (nSPS) is 29.0. The lowest BCUT2D eigenvalue weighted by atomic mass is 9.62. The summed E-state index contributed by atoms with van der Waals surface area (Å²) in [6, 6.07) is 8.67. The number of anilines is 1. The molecule has 1 spiro atoms. The summed E-state index contributed by atoms with van der Waals surface area (Å²) in [5, 5.41) is 7.23. The molecule has 0 radical (unpaired) electrons. The van der Waals surface area contributed by atoms with E-state index in [0.29, 0.717) is 65.1 Å². The molecule has 6 rings (SSSR count). The number of benzene rings is 2. The average Bonchev–Trinajstić information content (AvgIpc) is 3.17. The third-order valence-electron chi connectivity index (χ3n) is 8.10. The second-order valence-electron chi connectivity index (χ2n) is 10.3. The molecule has 4 aliphatic rings. The van der Waals surface area contributed by atoms with Gasteiger partial charge in [0.1, 0.15) is 23.1 Å². The largest absolute Gasteiger partial charge is 0.490 e. The van der Waals surface area contributed by atoms with Crippen LogP contribution in [-0.4, -0.2) is 31.1 Å². The maximum Gasteiger partial charge on any atom is 0.237 e. The maximum absolute atomic E-state index is 14.8. The highest BCUT2D eigenvalue weighted by Crippen LogP contribution is 2.55. The molecule has 3 heterocycles. The van der Waals surface area contributed by atoms with Gasteiger partial charge in [0.2, 0.25) is 11.8 Å². The SMILES string of the molecule is O=C1N[C@H](c2cc(F)ccc2OC2CCOCC2)[C@]2(C[C@@H]1C1C=CC=C(Cl)C1)C(=O)Nc1cc(Cl)ccc12. The van der Waals surface area contributed by atoms with Gasteiger partial charge in [0.15, 0.2) is 0 Å². The number of piperidine rings is 1. The number of rotatable bonds is 4. The third kappa shape index (κ3) is 4.40. The van der Waals surface area contributed by atoms with Crippen molar-refractivity contribution in [2.24, 2.45) is 11.8 Å². The van der Waals surface area contributed by atoms with Crippen LogP contribution in [0.15, 0.2) is 59.7 Å². The molecule has 2 aromatic rings. The monoisotopic (exact) mass is 556 g/mol. The maximum atomic E-state index is 14.8. The Morgan fingerprint density at radius 1 is 1.08 bits per heavy atom. The van der Waals surface area contributed by atoms with Gasteiger partial charge in [-0.2, -0.15) is 0 Å². The molecule has 2 saturated heterocycles. The van der Waals surface area contributed by atoms with E-state index in [4.69, 9.17) is 32.7 Å². The zero-order chi connectivity index (χ0) is 26.4. The van der Waals surface area contributed by atoms with Crippen molar-refractivity contribution in [2.75, 3.05) is 18.5 Å². The Morgan fingerprint density at radius 2 is 1.89 bits per heavy atom. The molecule has 2 fully saturated rings. The van der Waals surface area contributed by atoms with E-state index in [1.54, 1.807) is 18.2 Å². The molecule has 2 N–H and O–H groups in total. The van der Waals surface area contributed by atoms with Gasteiger partial charge in [-0.15, -0.1) is 0 Å². The van der Waals surface area contributed by atoms with Gasteiger partial charge in [-0.1, -0.05) is 41.4 Å². The lowest BCUT2D eigenvalue weighted by molar-refractivity contribution is -0.135. The van der Waals surface area contributed by atoms with Crippen molar-refractivity contribution in [1.29, 1.82) is 0 Å². The van der Waals surface area contributed by atoms with Gasteiger partial charge in [-0.05, 0) is 60.7 Å². The Balaban J connectivity index is 1.47. The lowest BCUT2D eigenvalue weighted by Gasteiger charge is -2.45. The Hall–Kier alpha value is -2.87. The van der Waals surface area contributed by atoms with Crippen LogP contribution in [0, 0.1) is 17.7 Å². The average molecular weight is 557 g/mol. The Labute approximate surface area is 230 Å². The van der Waals surface area contributed by atoms with Crippen LogP contribution in [0.4, 0.5) is 10.1 Å². The number of nitrogens with one attached hydrogen (secondary N) is 2.